The van der Waals surface area contributed by atoms with E-state index < -0.39 is 35.4 Å². The van der Waals surface area contributed by atoms with E-state index in [1.54, 1.807) is 0 Å². The summed E-state index contributed by atoms with van der Waals surface area (Å²) >= 11 is 0. The van der Waals surface area contributed by atoms with Crippen molar-refractivity contribution in [1.29, 1.82) is 0 Å². The van der Waals surface area contributed by atoms with E-state index in [1.807, 2.05) is 0 Å². The Balaban J connectivity index is 2.00. The largest absolute Gasteiger partial charge is 0.505 e. The number of hydrogen-bond donors (Lipinski definition) is 4. The van der Waals surface area contributed by atoms with Gasteiger partial charge in [-0.15, -0.1) is 0 Å². The molecule has 1 saturated carbocycles. The Morgan fingerprint density at radius 1 is 1.28 bits per heavy atom. The maximum atomic E-state index is 12.8. The van der Waals surface area contributed by atoms with Crippen LogP contribution in [0.25, 0.3) is 0 Å². The summed E-state index contributed by atoms with van der Waals surface area (Å²) < 4.78 is 0. The molecule has 0 spiro atoms. The molecule has 3 rings (SSSR count). The number of carbonyl (C=O) groups excluding carboxylic acids is 2. The number of carboxylic acid groups (broad SMARTS) is 1. The first kappa shape index (κ1) is 24.2. The van der Waals surface area contributed by atoms with E-state index in [0.717, 1.165) is 31.8 Å². The van der Waals surface area contributed by atoms with Crippen LogP contribution in [-0.4, -0.2) is 45.0 Å². The smallest absolute Gasteiger partial charge is 0.328 e. The standard InChI is InChI=1S/C25H35NO6/c1-13-7-6-8-19-24(13,4)10-9-14(2)25(19,5)12-16-21(29)17(11-18(28)22(16)30)26-20(15(3)27)23(31)32/h7,11,14-15,19-20,26-27,29H,6,8-10,12H2,1-5H3,(H,31,32)/t14-,15-,19+,20-,24+,25+/m0/s1. The summed E-state index contributed by atoms with van der Waals surface area (Å²) in [6.07, 6.45) is 6.18. The Kier molecular flexibility index (Phi) is 6.44. The molecule has 4 N–H and O–H groups in total. The minimum Gasteiger partial charge on any atom is -0.505 e. The predicted octanol–water partition coefficient (Wildman–Crippen LogP) is 3.45. The lowest BCUT2D eigenvalue weighted by Gasteiger charge is -2.58. The fourth-order valence-electron chi connectivity index (χ4n) is 6.10. The van der Waals surface area contributed by atoms with Crippen LogP contribution in [0.2, 0.25) is 0 Å². The first-order valence-corrected chi connectivity index (χ1v) is 11.4. The number of carboxylic acids is 1. The number of hydrogen-bond acceptors (Lipinski definition) is 6. The van der Waals surface area contributed by atoms with Crippen LogP contribution in [0.15, 0.2) is 34.8 Å². The lowest BCUT2D eigenvalue weighted by molar-refractivity contribution is -0.141. The molecule has 0 aromatic rings. The van der Waals surface area contributed by atoms with Gasteiger partial charge < -0.3 is 20.6 Å². The highest BCUT2D eigenvalue weighted by molar-refractivity contribution is 6.48. The summed E-state index contributed by atoms with van der Waals surface area (Å²) in [5, 5.41) is 32.6. The van der Waals surface area contributed by atoms with Gasteiger partial charge in [0.25, 0.3) is 0 Å². The molecule has 0 aliphatic heterocycles. The van der Waals surface area contributed by atoms with Gasteiger partial charge in [0.15, 0.2) is 6.04 Å². The number of nitrogens with one attached hydrogen (secondary N) is 1. The van der Waals surface area contributed by atoms with Crippen molar-refractivity contribution in [3.63, 3.8) is 0 Å². The quantitative estimate of drug-likeness (QED) is 0.280. The van der Waals surface area contributed by atoms with Crippen LogP contribution < -0.4 is 5.32 Å². The number of fused-ring (bicyclic) bond motifs is 1. The molecule has 176 valence electrons. The zero-order valence-corrected chi connectivity index (χ0v) is 19.6. The molecule has 6 atom stereocenters. The summed E-state index contributed by atoms with van der Waals surface area (Å²) in [7, 11) is 0. The van der Waals surface area contributed by atoms with Crippen molar-refractivity contribution < 1.29 is 29.7 Å². The maximum Gasteiger partial charge on any atom is 0.328 e. The molecule has 1 fully saturated rings. The van der Waals surface area contributed by atoms with Crippen molar-refractivity contribution in [2.45, 2.75) is 78.9 Å². The minimum atomic E-state index is -1.43. The van der Waals surface area contributed by atoms with Crippen molar-refractivity contribution in [2.24, 2.45) is 22.7 Å². The molecule has 0 heterocycles. The molecule has 0 aromatic heterocycles. The number of allylic oxidation sites excluding steroid dienone is 4. The molecule has 3 aliphatic rings. The summed E-state index contributed by atoms with van der Waals surface area (Å²) in [5.41, 5.74) is 0.947. The topological polar surface area (TPSA) is 124 Å². The van der Waals surface area contributed by atoms with Gasteiger partial charge in [-0.2, -0.15) is 0 Å². The van der Waals surface area contributed by atoms with Crippen molar-refractivity contribution >= 4 is 17.5 Å². The number of Topliss-reactive ketones (excluding diaryl/α,β-unsaturated/α-hetero) is 1. The lowest BCUT2D eigenvalue weighted by Crippen LogP contribution is -2.50. The molecule has 0 radical (unpaired) electrons. The molecule has 0 saturated heterocycles. The molecule has 3 aliphatic carbocycles. The average Bonchev–Trinajstić information content (AvgIpc) is 2.71. The van der Waals surface area contributed by atoms with Gasteiger partial charge in [0, 0.05) is 11.6 Å². The van der Waals surface area contributed by atoms with E-state index in [1.165, 1.54) is 12.5 Å². The summed E-state index contributed by atoms with van der Waals surface area (Å²) in [5.74, 6) is -2.71. The lowest BCUT2D eigenvalue weighted by atomic mass is 9.46. The minimum absolute atomic E-state index is 0.00898. The second kappa shape index (κ2) is 8.50. The van der Waals surface area contributed by atoms with Crippen LogP contribution in [0.5, 0.6) is 0 Å². The van der Waals surface area contributed by atoms with Gasteiger partial charge in [-0.1, -0.05) is 32.4 Å². The molecule has 7 nitrogen and oxygen atoms in total. The Morgan fingerprint density at radius 2 is 1.94 bits per heavy atom. The number of aliphatic hydroxyl groups excluding tert-OH is 2. The fourth-order valence-corrected chi connectivity index (χ4v) is 6.10. The third-order valence-corrected chi connectivity index (χ3v) is 8.53. The number of carbonyl (C=O) groups is 3. The van der Waals surface area contributed by atoms with Gasteiger partial charge in [0.05, 0.1) is 11.8 Å². The summed E-state index contributed by atoms with van der Waals surface area (Å²) in [4.78, 5) is 36.8. The van der Waals surface area contributed by atoms with E-state index in [9.17, 15) is 29.7 Å². The van der Waals surface area contributed by atoms with Crippen LogP contribution >= 0.6 is 0 Å². The third kappa shape index (κ3) is 3.91. The molecule has 7 heteroatoms. The zero-order chi connectivity index (χ0) is 24.0. The van der Waals surface area contributed by atoms with Crippen molar-refractivity contribution in [2.75, 3.05) is 0 Å². The number of aliphatic carboxylic acids is 1. The van der Waals surface area contributed by atoms with Crippen LogP contribution in [0, 0.1) is 22.7 Å². The number of ketones is 2. The van der Waals surface area contributed by atoms with Crippen molar-refractivity contribution in [3.05, 3.63) is 34.8 Å². The number of aliphatic hydroxyl groups is 2. The fraction of sp³-hybridized carbons (Fsp3) is 0.640. The van der Waals surface area contributed by atoms with Gasteiger partial charge in [0.1, 0.15) is 5.76 Å². The van der Waals surface area contributed by atoms with Crippen molar-refractivity contribution in [3.8, 4) is 0 Å². The second-order valence-corrected chi connectivity index (χ2v) is 10.3. The third-order valence-electron chi connectivity index (χ3n) is 8.53. The molecule has 0 bridgehead atoms. The molecular formula is C25H35NO6. The van der Waals surface area contributed by atoms with E-state index in [2.05, 4.69) is 39.1 Å². The van der Waals surface area contributed by atoms with Gasteiger partial charge in [0.2, 0.25) is 11.6 Å². The van der Waals surface area contributed by atoms with Gasteiger partial charge in [-0.3, -0.25) is 9.59 Å². The molecule has 0 aromatic carbocycles. The first-order chi connectivity index (χ1) is 14.8. The predicted molar refractivity (Wildman–Crippen MR) is 120 cm³/mol. The molecular weight excluding hydrogens is 410 g/mol. The highest BCUT2D eigenvalue weighted by Gasteiger charge is 2.54. The van der Waals surface area contributed by atoms with Gasteiger partial charge >= 0.3 is 5.97 Å². The van der Waals surface area contributed by atoms with Gasteiger partial charge in [-0.25, -0.2) is 4.79 Å². The Hall–Kier alpha value is -2.41. The van der Waals surface area contributed by atoms with E-state index in [-0.39, 0.29) is 34.4 Å². The van der Waals surface area contributed by atoms with E-state index in [0.29, 0.717) is 5.92 Å². The van der Waals surface area contributed by atoms with Crippen LogP contribution in [-0.2, 0) is 14.4 Å². The summed E-state index contributed by atoms with van der Waals surface area (Å²) in [6, 6.07) is -1.43. The highest BCUT2D eigenvalue weighted by Crippen LogP contribution is 2.62. The highest BCUT2D eigenvalue weighted by atomic mass is 16.4. The summed E-state index contributed by atoms with van der Waals surface area (Å²) in [6.45, 7) is 10.1. The molecule has 0 amide bonds. The van der Waals surface area contributed by atoms with Crippen molar-refractivity contribution in [1.82, 2.24) is 5.32 Å². The monoisotopic (exact) mass is 445 g/mol. The number of rotatable bonds is 6. The Bertz CT molecular complexity index is 929. The molecule has 32 heavy (non-hydrogen) atoms. The SMILES string of the molecule is CC1=CCC[C@H]2[C@](C)(CC3=C(O)C(N[C@H](C(=O)O)[C@H](C)O)=CC(=O)C3=O)[C@@H](C)CC[C@]12C. The maximum absolute atomic E-state index is 12.8. The van der Waals surface area contributed by atoms with Crippen LogP contribution in [0.1, 0.15) is 66.7 Å². The van der Waals surface area contributed by atoms with Crippen LogP contribution in [0.4, 0.5) is 0 Å². The normalized spacial score (nSPS) is 34.9. The van der Waals surface area contributed by atoms with Crippen LogP contribution in [0.3, 0.4) is 0 Å². The average molecular weight is 446 g/mol. The Labute approximate surface area is 189 Å². The second-order valence-electron chi connectivity index (χ2n) is 10.3. The zero-order valence-electron chi connectivity index (χ0n) is 19.6. The van der Waals surface area contributed by atoms with E-state index >= 15 is 0 Å². The Morgan fingerprint density at radius 3 is 2.53 bits per heavy atom. The first-order valence-electron chi connectivity index (χ1n) is 11.4. The van der Waals surface area contributed by atoms with Gasteiger partial charge in [-0.05, 0) is 68.6 Å². The van der Waals surface area contributed by atoms with E-state index in [4.69, 9.17) is 0 Å². The molecule has 0 unspecified atom stereocenters.